The lowest BCUT2D eigenvalue weighted by molar-refractivity contribution is 0.0627. The van der Waals surface area contributed by atoms with Crippen LogP contribution in [-0.2, 0) is 0 Å². The van der Waals surface area contributed by atoms with E-state index >= 15 is 0 Å². The molecule has 116 valence electrons. The Balaban J connectivity index is 1.64. The summed E-state index contributed by atoms with van der Waals surface area (Å²) in [5.74, 6) is 0.902. The van der Waals surface area contributed by atoms with Crippen LogP contribution in [0.3, 0.4) is 0 Å². The van der Waals surface area contributed by atoms with Gasteiger partial charge in [0.25, 0.3) is 0 Å². The van der Waals surface area contributed by atoms with Gasteiger partial charge < -0.3 is 5.32 Å². The standard InChI is InChI=1S/C18H34N2/c1-15-16(12-13-19-15)14-20(17-8-4-2-5-9-17)18-10-6-3-7-11-18/h15-19H,2-14H2,1H3. The molecule has 2 nitrogen and oxygen atoms in total. The smallest absolute Gasteiger partial charge is 0.00983 e. The van der Waals surface area contributed by atoms with E-state index in [1.54, 1.807) is 0 Å². The molecule has 3 aliphatic rings. The average Bonchev–Trinajstić information content (AvgIpc) is 2.92. The maximum atomic E-state index is 3.65. The molecule has 1 heterocycles. The lowest BCUT2D eigenvalue weighted by Gasteiger charge is -2.43. The van der Waals surface area contributed by atoms with Crippen molar-refractivity contribution in [1.29, 1.82) is 0 Å². The van der Waals surface area contributed by atoms with Gasteiger partial charge in [0.15, 0.2) is 0 Å². The molecule has 20 heavy (non-hydrogen) atoms. The van der Waals surface area contributed by atoms with Crippen LogP contribution in [-0.4, -0.2) is 36.1 Å². The minimum absolute atomic E-state index is 0.740. The summed E-state index contributed by atoms with van der Waals surface area (Å²) >= 11 is 0. The Morgan fingerprint density at radius 1 is 0.800 bits per heavy atom. The van der Waals surface area contributed by atoms with Crippen molar-refractivity contribution in [3.05, 3.63) is 0 Å². The van der Waals surface area contributed by atoms with Gasteiger partial charge in [0.1, 0.15) is 0 Å². The van der Waals surface area contributed by atoms with Crippen LogP contribution < -0.4 is 5.32 Å². The van der Waals surface area contributed by atoms with Gasteiger partial charge in [-0.3, -0.25) is 4.90 Å². The van der Waals surface area contributed by atoms with Crippen LogP contribution in [0.5, 0.6) is 0 Å². The van der Waals surface area contributed by atoms with Gasteiger partial charge in [-0.15, -0.1) is 0 Å². The molecule has 0 aromatic heterocycles. The monoisotopic (exact) mass is 278 g/mol. The molecule has 0 amide bonds. The summed E-state index contributed by atoms with van der Waals surface area (Å²) in [6.07, 6.45) is 16.2. The molecule has 2 saturated carbocycles. The van der Waals surface area contributed by atoms with E-state index in [0.717, 1.165) is 24.0 Å². The lowest BCUT2D eigenvalue weighted by atomic mass is 9.87. The summed E-state index contributed by atoms with van der Waals surface area (Å²) < 4.78 is 0. The number of hydrogen-bond acceptors (Lipinski definition) is 2. The fourth-order valence-electron chi connectivity index (χ4n) is 4.85. The van der Waals surface area contributed by atoms with Gasteiger partial charge in [-0.05, 0) is 51.5 Å². The minimum Gasteiger partial charge on any atom is -0.314 e. The van der Waals surface area contributed by atoms with Gasteiger partial charge in [-0.25, -0.2) is 0 Å². The van der Waals surface area contributed by atoms with E-state index in [1.165, 1.54) is 83.7 Å². The summed E-state index contributed by atoms with van der Waals surface area (Å²) in [6.45, 7) is 5.02. The summed E-state index contributed by atoms with van der Waals surface area (Å²) in [7, 11) is 0. The van der Waals surface area contributed by atoms with Crippen molar-refractivity contribution in [2.24, 2.45) is 5.92 Å². The topological polar surface area (TPSA) is 15.3 Å². The summed E-state index contributed by atoms with van der Waals surface area (Å²) in [5.41, 5.74) is 0. The molecule has 0 bridgehead atoms. The highest BCUT2D eigenvalue weighted by Gasteiger charge is 2.33. The van der Waals surface area contributed by atoms with E-state index in [2.05, 4.69) is 17.1 Å². The van der Waals surface area contributed by atoms with Crippen LogP contribution in [0.4, 0.5) is 0 Å². The SMILES string of the molecule is CC1NCCC1CN(C1CCCCC1)C1CCCCC1. The van der Waals surface area contributed by atoms with Crippen LogP contribution in [0.15, 0.2) is 0 Å². The normalized spacial score (nSPS) is 33.9. The van der Waals surface area contributed by atoms with Gasteiger partial charge >= 0.3 is 0 Å². The third kappa shape index (κ3) is 3.57. The van der Waals surface area contributed by atoms with Crippen molar-refractivity contribution in [1.82, 2.24) is 10.2 Å². The first-order valence-corrected chi connectivity index (χ1v) is 9.34. The molecule has 0 aromatic rings. The van der Waals surface area contributed by atoms with E-state index in [9.17, 15) is 0 Å². The van der Waals surface area contributed by atoms with E-state index < -0.39 is 0 Å². The fraction of sp³-hybridized carbons (Fsp3) is 1.00. The zero-order valence-corrected chi connectivity index (χ0v) is 13.4. The molecular weight excluding hydrogens is 244 g/mol. The van der Waals surface area contributed by atoms with Gasteiger partial charge in [-0.1, -0.05) is 38.5 Å². The number of nitrogens with one attached hydrogen (secondary N) is 1. The van der Waals surface area contributed by atoms with E-state index in [4.69, 9.17) is 0 Å². The highest BCUT2D eigenvalue weighted by Crippen LogP contribution is 2.32. The second kappa shape index (κ2) is 7.26. The van der Waals surface area contributed by atoms with Crippen molar-refractivity contribution in [3.63, 3.8) is 0 Å². The van der Waals surface area contributed by atoms with Crippen molar-refractivity contribution >= 4 is 0 Å². The Morgan fingerprint density at radius 3 is 1.80 bits per heavy atom. The molecule has 0 radical (unpaired) electrons. The van der Waals surface area contributed by atoms with Crippen LogP contribution in [0, 0.1) is 5.92 Å². The third-order valence-corrected chi connectivity index (χ3v) is 6.22. The first-order chi connectivity index (χ1) is 9.84. The zero-order chi connectivity index (χ0) is 13.8. The van der Waals surface area contributed by atoms with Crippen molar-refractivity contribution in [3.8, 4) is 0 Å². The van der Waals surface area contributed by atoms with Crippen molar-refractivity contribution < 1.29 is 0 Å². The lowest BCUT2D eigenvalue weighted by Crippen LogP contribution is -2.48. The molecular formula is C18H34N2. The van der Waals surface area contributed by atoms with E-state index in [1.807, 2.05) is 0 Å². The Bertz CT molecular complexity index is 261. The predicted molar refractivity (Wildman–Crippen MR) is 86.0 cm³/mol. The summed E-state index contributed by atoms with van der Waals surface area (Å²) in [5, 5.41) is 3.65. The molecule has 2 aliphatic carbocycles. The number of rotatable bonds is 4. The molecule has 0 spiro atoms. The first-order valence-electron chi connectivity index (χ1n) is 9.34. The molecule has 1 saturated heterocycles. The maximum Gasteiger partial charge on any atom is 0.00983 e. The van der Waals surface area contributed by atoms with Gasteiger partial charge in [-0.2, -0.15) is 0 Å². The molecule has 1 aliphatic heterocycles. The van der Waals surface area contributed by atoms with Crippen LogP contribution in [0.1, 0.15) is 77.6 Å². The van der Waals surface area contributed by atoms with Crippen LogP contribution in [0.25, 0.3) is 0 Å². The maximum absolute atomic E-state index is 3.65. The summed E-state index contributed by atoms with van der Waals surface area (Å²) in [4.78, 5) is 2.99. The third-order valence-electron chi connectivity index (χ3n) is 6.22. The highest BCUT2D eigenvalue weighted by atomic mass is 15.2. The Kier molecular flexibility index (Phi) is 5.39. The Labute approximate surface area is 125 Å². The fourth-order valence-corrected chi connectivity index (χ4v) is 4.85. The second-order valence-electron chi connectivity index (χ2n) is 7.57. The molecule has 3 rings (SSSR count). The van der Waals surface area contributed by atoms with Gasteiger partial charge in [0, 0.05) is 24.7 Å². The number of hydrogen-bond donors (Lipinski definition) is 1. The first kappa shape index (κ1) is 14.8. The van der Waals surface area contributed by atoms with Gasteiger partial charge in [0.05, 0.1) is 0 Å². The largest absolute Gasteiger partial charge is 0.314 e. The molecule has 0 aromatic carbocycles. The molecule has 2 atom stereocenters. The Hall–Kier alpha value is -0.0800. The van der Waals surface area contributed by atoms with Crippen molar-refractivity contribution in [2.45, 2.75) is 95.7 Å². The highest BCUT2D eigenvalue weighted by molar-refractivity contribution is 4.89. The van der Waals surface area contributed by atoms with E-state index in [-0.39, 0.29) is 0 Å². The minimum atomic E-state index is 0.740. The molecule has 2 heteroatoms. The predicted octanol–water partition coefficient (Wildman–Crippen LogP) is 3.95. The second-order valence-corrected chi connectivity index (χ2v) is 7.57. The quantitative estimate of drug-likeness (QED) is 0.837. The van der Waals surface area contributed by atoms with Gasteiger partial charge in [0.2, 0.25) is 0 Å². The number of nitrogens with zero attached hydrogens (tertiary/aromatic N) is 1. The summed E-state index contributed by atoms with van der Waals surface area (Å²) in [6, 6.07) is 2.57. The average molecular weight is 278 g/mol. The molecule has 3 fully saturated rings. The van der Waals surface area contributed by atoms with E-state index in [0.29, 0.717) is 0 Å². The Morgan fingerprint density at radius 2 is 1.35 bits per heavy atom. The molecule has 2 unspecified atom stereocenters. The molecule has 1 N–H and O–H groups in total. The van der Waals surface area contributed by atoms with Crippen LogP contribution >= 0.6 is 0 Å². The van der Waals surface area contributed by atoms with Crippen LogP contribution in [0.2, 0.25) is 0 Å². The zero-order valence-electron chi connectivity index (χ0n) is 13.4. The van der Waals surface area contributed by atoms with Crippen molar-refractivity contribution in [2.75, 3.05) is 13.1 Å².